The number of benzene rings is 2. The molecule has 148 valence electrons. The highest BCUT2D eigenvalue weighted by Crippen LogP contribution is 2.40. The van der Waals surface area contributed by atoms with Gasteiger partial charge in [0.1, 0.15) is 5.69 Å². The molecule has 2 aliphatic rings. The van der Waals surface area contributed by atoms with Crippen LogP contribution in [0.15, 0.2) is 60.8 Å². The molecule has 4 nitrogen and oxygen atoms in total. The van der Waals surface area contributed by atoms with Gasteiger partial charge in [0.15, 0.2) is 0 Å². The lowest BCUT2D eigenvalue weighted by molar-refractivity contribution is 0.0978. The van der Waals surface area contributed by atoms with Gasteiger partial charge >= 0.3 is 0 Å². The number of aromatic nitrogens is 1. The minimum atomic E-state index is 0.0102. The molecular weight excluding hydrogens is 405 g/mol. The molecule has 0 unspecified atom stereocenters. The number of halogens is 2. The maximum absolute atomic E-state index is 13.5. The molecule has 5 rings (SSSR count). The van der Waals surface area contributed by atoms with Gasteiger partial charge in [-0.2, -0.15) is 0 Å². The number of carbonyl (C=O) groups is 1. The lowest BCUT2D eigenvalue weighted by atomic mass is 10.1. The summed E-state index contributed by atoms with van der Waals surface area (Å²) in [6, 6.07) is 18.0. The summed E-state index contributed by atoms with van der Waals surface area (Å²) >= 11 is 12.5. The summed E-state index contributed by atoms with van der Waals surface area (Å²) in [7, 11) is 0. The number of para-hydroxylation sites is 2. The SMILES string of the molecule is O=C(c1cccn1Cc1cc(Cl)ccc1Cl)N1CCN(C2CC2)c2ccccc21. The Morgan fingerprint density at radius 2 is 1.76 bits per heavy atom. The molecule has 1 saturated carbocycles. The topological polar surface area (TPSA) is 28.5 Å². The average molecular weight is 426 g/mol. The van der Waals surface area contributed by atoms with Crippen molar-refractivity contribution in [2.24, 2.45) is 0 Å². The maximum atomic E-state index is 13.5. The highest BCUT2D eigenvalue weighted by atomic mass is 35.5. The predicted molar refractivity (Wildman–Crippen MR) is 118 cm³/mol. The first-order chi connectivity index (χ1) is 14.1. The van der Waals surface area contributed by atoms with Crippen molar-refractivity contribution >= 4 is 40.5 Å². The van der Waals surface area contributed by atoms with Crippen molar-refractivity contribution < 1.29 is 4.79 Å². The van der Waals surface area contributed by atoms with Crippen LogP contribution in [0.1, 0.15) is 28.9 Å². The Kier molecular flexibility index (Phi) is 4.76. The summed E-state index contributed by atoms with van der Waals surface area (Å²) in [4.78, 5) is 17.9. The van der Waals surface area contributed by atoms with Gasteiger partial charge in [-0.1, -0.05) is 35.3 Å². The number of carbonyl (C=O) groups excluding carboxylic acids is 1. The van der Waals surface area contributed by atoms with Gasteiger partial charge in [-0.05, 0) is 60.9 Å². The van der Waals surface area contributed by atoms with Crippen LogP contribution in [0.2, 0.25) is 10.0 Å². The molecule has 0 saturated heterocycles. The van der Waals surface area contributed by atoms with E-state index in [2.05, 4.69) is 11.0 Å². The van der Waals surface area contributed by atoms with E-state index in [1.165, 1.54) is 12.8 Å². The van der Waals surface area contributed by atoms with Crippen molar-refractivity contribution in [1.82, 2.24) is 4.57 Å². The molecule has 1 aromatic heterocycles. The number of hydrogen-bond donors (Lipinski definition) is 0. The molecule has 2 heterocycles. The van der Waals surface area contributed by atoms with E-state index in [-0.39, 0.29) is 5.91 Å². The number of nitrogens with zero attached hydrogens (tertiary/aromatic N) is 3. The van der Waals surface area contributed by atoms with Crippen molar-refractivity contribution in [3.63, 3.8) is 0 Å². The molecule has 0 radical (unpaired) electrons. The number of fused-ring (bicyclic) bond motifs is 1. The second kappa shape index (κ2) is 7.43. The van der Waals surface area contributed by atoms with E-state index < -0.39 is 0 Å². The summed E-state index contributed by atoms with van der Waals surface area (Å²) < 4.78 is 1.94. The summed E-state index contributed by atoms with van der Waals surface area (Å²) in [5, 5.41) is 1.28. The smallest absolute Gasteiger partial charge is 0.275 e. The number of hydrogen-bond acceptors (Lipinski definition) is 2. The normalized spacial score (nSPS) is 16.1. The molecule has 1 aliphatic carbocycles. The third-order valence-corrected chi connectivity index (χ3v) is 6.28. The molecule has 1 fully saturated rings. The van der Waals surface area contributed by atoms with Gasteiger partial charge in [0.05, 0.1) is 11.4 Å². The van der Waals surface area contributed by atoms with Gasteiger partial charge in [0, 0.05) is 41.9 Å². The Balaban J connectivity index is 1.45. The third kappa shape index (κ3) is 3.52. The van der Waals surface area contributed by atoms with Crippen molar-refractivity contribution in [1.29, 1.82) is 0 Å². The van der Waals surface area contributed by atoms with E-state index in [9.17, 15) is 4.79 Å². The van der Waals surface area contributed by atoms with E-state index in [1.54, 1.807) is 12.1 Å². The summed E-state index contributed by atoms with van der Waals surface area (Å²) in [5.41, 5.74) is 3.69. The fourth-order valence-electron chi connectivity index (χ4n) is 4.09. The number of amides is 1. The molecule has 3 aromatic rings. The number of rotatable bonds is 4. The van der Waals surface area contributed by atoms with E-state index >= 15 is 0 Å². The Labute approximate surface area is 180 Å². The van der Waals surface area contributed by atoms with Crippen LogP contribution in [0.4, 0.5) is 11.4 Å². The third-order valence-electron chi connectivity index (χ3n) is 5.68. The van der Waals surface area contributed by atoms with Crippen LogP contribution in [0.5, 0.6) is 0 Å². The first-order valence-corrected chi connectivity index (χ1v) is 10.6. The predicted octanol–water partition coefficient (Wildman–Crippen LogP) is 5.47. The molecule has 0 bridgehead atoms. The zero-order valence-electron chi connectivity index (χ0n) is 15.9. The van der Waals surface area contributed by atoms with Crippen molar-refractivity contribution in [2.75, 3.05) is 22.9 Å². The Hall–Kier alpha value is -2.43. The molecule has 6 heteroatoms. The van der Waals surface area contributed by atoms with Gasteiger partial charge in [0.2, 0.25) is 0 Å². The van der Waals surface area contributed by atoms with Gasteiger partial charge in [0.25, 0.3) is 5.91 Å². The average Bonchev–Trinajstić information content (AvgIpc) is 3.48. The van der Waals surface area contributed by atoms with Gasteiger partial charge in [-0.3, -0.25) is 4.79 Å². The van der Waals surface area contributed by atoms with Gasteiger partial charge in [-0.15, -0.1) is 0 Å². The Morgan fingerprint density at radius 1 is 0.966 bits per heavy atom. The highest BCUT2D eigenvalue weighted by molar-refractivity contribution is 6.33. The van der Waals surface area contributed by atoms with E-state index in [0.717, 1.165) is 23.5 Å². The molecular formula is C23H21Cl2N3O. The number of anilines is 2. The molecule has 1 amide bonds. The minimum absolute atomic E-state index is 0.0102. The summed E-state index contributed by atoms with van der Waals surface area (Å²) in [6.07, 6.45) is 4.40. The summed E-state index contributed by atoms with van der Waals surface area (Å²) in [5.74, 6) is 0.0102. The quantitative estimate of drug-likeness (QED) is 0.553. The molecule has 0 spiro atoms. The molecule has 2 aromatic carbocycles. The van der Waals surface area contributed by atoms with Crippen molar-refractivity contribution in [3.8, 4) is 0 Å². The summed E-state index contributed by atoms with van der Waals surface area (Å²) in [6.45, 7) is 2.06. The van der Waals surface area contributed by atoms with Crippen LogP contribution in [-0.2, 0) is 6.54 Å². The van der Waals surface area contributed by atoms with Gasteiger partial charge < -0.3 is 14.4 Å². The second-order valence-electron chi connectivity index (χ2n) is 7.63. The van der Waals surface area contributed by atoms with Crippen LogP contribution in [0, 0.1) is 0 Å². The Bertz CT molecular complexity index is 1070. The van der Waals surface area contributed by atoms with E-state index in [0.29, 0.717) is 34.9 Å². The lowest BCUT2D eigenvalue weighted by Gasteiger charge is -2.38. The van der Waals surface area contributed by atoms with Crippen molar-refractivity contribution in [2.45, 2.75) is 25.4 Å². The molecule has 29 heavy (non-hydrogen) atoms. The first kappa shape index (κ1) is 18.6. The zero-order chi connectivity index (χ0) is 20.0. The van der Waals surface area contributed by atoms with E-state index in [1.807, 2.05) is 52.1 Å². The van der Waals surface area contributed by atoms with Crippen LogP contribution in [0.3, 0.4) is 0 Å². The van der Waals surface area contributed by atoms with Crippen molar-refractivity contribution in [3.05, 3.63) is 82.1 Å². The minimum Gasteiger partial charge on any atom is -0.365 e. The maximum Gasteiger partial charge on any atom is 0.275 e. The van der Waals surface area contributed by atoms with Crippen LogP contribution >= 0.6 is 23.2 Å². The largest absolute Gasteiger partial charge is 0.365 e. The lowest BCUT2D eigenvalue weighted by Crippen LogP contribution is -2.45. The van der Waals surface area contributed by atoms with Gasteiger partial charge in [-0.25, -0.2) is 0 Å². The second-order valence-corrected chi connectivity index (χ2v) is 8.47. The molecule has 1 aliphatic heterocycles. The highest BCUT2D eigenvalue weighted by Gasteiger charge is 2.35. The molecule has 0 N–H and O–H groups in total. The van der Waals surface area contributed by atoms with Crippen LogP contribution in [0.25, 0.3) is 0 Å². The Morgan fingerprint density at radius 3 is 2.55 bits per heavy atom. The monoisotopic (exact) mass is 425 g/mol. The fourth-order valence-corrected chi connectivity index (χ4v) is 4.46. The van der Waals surface area contributed by atoms with Crippen LogP contribution in [-0.4, -0.2) is 29.6 Å². The molecule has 0 atom stereocenters. The van der Waals surface area contributed by atoms with Crippen LogP contribution < -0.4 is 9.80 Å². The van der Waals surface area contributed by atoms with E-state index in [4.69, 9.17) is 23.2 Å². The standard InChI is InChI=1S/C23H21Cl2N3O/c24-17-7-10-19(25)16(14-17)15-26-11-3-6-22(26)23(29)28-13-12-27(18-8-9-18)20-4-1-2-5-21(20)28/h1-7,10-11,14,18H,8-9,12-13,15H2. The first-order valence-electron chi connectivity index (χ1n) is 9.88. The zero-order valence-corrected chi connectivity index (χ0v) is 17.4. The fraction of sp³-hybridized carbons (Fsp3) is 0.261.